The minimum absolute atomic E-state index is 0.160. The lowest BCUT2D eigenvalue weighted by molar-refractivity contribution is 0.616. The normalized spacial score (nSPS) is 17.8. The summed E-state index contributed by atoms with van der Waals surface area (Å²) in [6, 6.07) is 7.62. The molecule has 4 heteroatoms. The van der Waals surface area contributed by atoms with Crippen LogP contribution < -0.4 is 5.32 Å². The molecule has 1 aromatic carbocycles. The molecule has 0 fully saturated rings. The maximum atomic E-state index is 14.0. The van der Waals surface area contributed by atoms with E-state index in [2.05, 4.69) is 5.32 Å². The number of hydrogen-bond donors (Lipinski definition) is 1. The Balaban J connectivity index is 1.88. The fourth-order valence-electron chi connectivity index (χ4n) is 2.43. The molecule has 0 spiro atoms. The third kappa shape index (κ3) is 2.02. The van der Waals surface area contributed by atoms with E-state index in [0.29, 0.717) is 11.3 Å². The van der Waals surface area contributed by atoms with E-state index in [-0.39, 0.29) is 11.9 Å². The molecule has 1 nitrogen and oxygen atoms in total. The second-order valence-electron chi connectivity index (χ2n) is 4.60. The van der Waals surface area contributed by atoms with Crippen molar-refractivity contribution in [3.05, 3.63) is 50.4 Å². The smallest absolute Gasteiger partial charge is 0.149 e. The van der Waals surface area contributed by atoms with Crippen molar-refractivity contribution in [2.75, 3.05) is 5.32 Å². The fraction of sp³-hybridized carbons (Fsp3) is 0.286. The zero-order valence-corrected chi connectivity index (χ0v) is 11.5. The van der Waals surface area contributed by atoms with E-state index < -0.39 is 0 Å². The van der Waals surface area contributed by atoms with Crippen LogP contribution in [0.15, 0.2) is 24.3 Å². The highest BCUT2D eigenvalue weighted by molar-refractivity contribution is 7.16. The Morgan fingerprint density at radius 3 is 3.11 bits per heavy atom. The van der Waals surface area contributed by atoms with Gasteiger partial charge in [0.25, 0.3) is 0 Å². The van der Waals surface area contributed by atoms with Crippen LogP contribution in [0.4, 0.5) is 10.1 Å². The largest absolute Gasteiger partial charge is 0.376 e. The van der Waals surface area contributed by atoms with E-state index in [0.717, 1.165) is 17.2 Å². The highest BCUT2D eigenvalue weighted by Crippen LogP contribution is 2.41. The molecular formula is C14H13ClFNS. The molecule has 1 aliphatic carbocycles. The zero-order chi connectivity index (χ0) is 12.7. The van der Waals surface area contributed by atoms with Crippen molar-refractivity contribution in [3.63, 3.8) is 0 Å². The molecule has 1 unspecified atom stereocenters. The van der Waals surface area contributed by atoms with Crippen LogP contribution in [0.3, 0.4) is 0 Å². The van der Waals surface area contributed by atoms with Crippen LogP contribution in [0.2, 0.25) is 4.34 Å². The molecule has 0 amide bonds. The first-order chi connectivity index (χ1) is 8.65. The quantitative estimate of drug-likeness (QED) is 0.821. The van der Waals surface area contributed by atoms with Gasteiger partial charge in [-0.05, 0) is 43.0 Å². The van der Waals surface area contributed by atoms with E-state index in [1.807, 2.05) is 12.1 Å². The van der Waals surface area contributed by atoms with Crippen LogP contribution in [0.1, 0.15) is 28.5 Å². The lowest BCUT2D eigenvalue weighted by Crippen LogP contribution is -2.08. The molecule has 3 rings (SSSR count). The van der Waals surface area contributed by atoms with Gasteiger partial charge in [0.15, 0.2) is 0 Å². The molecule has 18 heavy (non-hydrogen) atoms. The number of nitrogens with one attached hydrogen (secondary N) is 1. The monoisotopic (exact) mass is 281 g/mol. The summed E-state index contributed by atoms with van der Waals surface area (Å²) in [4.78, 5) is 1.32. The maximum Gasteiger partial charge on any atom is 0.149 e. The summed E-state index contributed by atoms with van der Waals surface area (Å²) in [5.41, 5.74) is 2.47. The molecule has 0 aliphatic heterocycles. The molecule has 0 saturated heterocycles. The van der Waals surface area contributed by atoms with Gasteiger partial charge in [0.05, 0.1) is 16.1 Å². The van der Waals surface area contributed by atoms with Gasteiger partial charge >= 0.3 is 0 Å². The summed E-state index contributed by atoms with van der Waals surface area (Å²) in [6.07, 6.45) is 2.03. The third-order valence-electron chi connectivity index (χ3n) is 3.37. The van der Waals surface area contributed by atoms with E-state index in [1.54, 1.807) is 30.4 Å². The molecule has 1 atom stereocenters. The second kappa shape index (κ2) is 4.56. The van der Waals surface area contributed by atoms with Crippen LogP contribution in [-0.4, -0.2) is 0 Å². The van der Waals surface area contributed by atoms with Gasteiger partial charge in [-0.1, -0.05) is 23.7 Å². The van der Waals surface area contributed by atoms with Crippen molar-refractivity contribution in [2.24, 2.45) is 0 Å². The van der Waals surface area contributed by atoms with Crippen LogP contribution in [0.25, 0.3) is 0 Å². The van der Waals surface area contributed by atoms with E-state index in [9.17, 15) is 4.39 Å². The number of aryl methyl sites for hydroxylation is 2. The Morgan fingerprint density at radius 2 is 2.28 bits per heavy atom. The molecule has 0 radical (unpaired) electrons. The van der Waals surface area contributed by atoms with Crippen LogP contribution in [0.5, 0.6) is 0 Å². The molecule has 0 saturated carbocycles. The summed E-state index contributed by atoms with van der Waals surface area (Å²) < 4.78 is 14.8. The summed E-state index contributed by atoms with van der Waals surface area (Å²) >= 11 is 7.65. The van der Waals surface area contributed by atoms with E-state index in [1.165, 1.54) is 10.4 Å². The van der Waals surface area contributed by atoms with Gasteiger partial charge < -0.3 is 5.32 Å². The van der Waals surface area contributed by atoms with Gasteiger partial charge in [-0.2, -0.15) is 0 Å². The first-order valence-corrected chi connectivity index (χ1v) is 7.14. The Hall–Kier alpha value is -1.06. The van der Waals surface area contributed by atoms with Crippen LogP contribution in [-0.2, 0) is 6.42 Å². The molecule has 1 aromatic heterocycles. The molecular weight excluding hydrogens is 269 g/mol. The molecule has 2 aromatic rings. The molecule has 1 N–H and O–H groups in total. The van der Waals surface area contributed by atoms with Crippen molar-refractivity contribution in [1.29, 1.82) is 0 Å². The number of anilines is 1. The zero-order valence-electron chi connectivity index (χ0n) is 9.97. The predicted octanol–water partition coefficient (Wildman–Crippen LogP) is 4.95. The number of halogens is 2. The van der Waals surface area contributed by atoms with Crippen molar-refractivity contribution in [2.45, 2.75) is 25.8 Å². The van der Waals surface area contributed by atoms with Gasteiger partial charge in [-0.25, -0.2) is 4.39 Å². The maximum absolute atomic E-state index is 14.0. The van der Waals surface area contributed by atoms with E-state index in [4.69, 9.17) is 11.6 Å². The van der Waals surface area contributed by atoms with Gasteiger partial charge in [0, 0.05) is 4.88 Å². The van der Waals surface area contributed by atoms with Crippen molar-refractivity contribution in [1.82, 2.24) is 0 Å². The van der Waals surface area contributed by atoms with Crippen LogP contribution in [0, 0.1) is 12.7 Å². The van der Waals surface area contributed by atoms with Gasteiger partial charge in [0.2, 0.25) is 0 Å². The lowest BCUT2D eigenvalue weighted by Gasteiger charge is -2.15. The average Bonchev–Trinajstić information content (AvgIpc) is 2.86. The van der Waals surface area contributed by atoms with Crippen molar-refractivity contribution < 1.29 is 4.39 Å². The van der Waals surface area contributed by atoms with Crippen molar-refractivity contribution >= 4 is 28.6 Å². The SMILES string of the molecule is Cc1cccc(NC2CCc3sc(Cl)cc32)c1F. The predicted molar refractivity (Wildman–Crippen MR) is 75.2 cm³/mol. The molecule has 94 valence electrons. The topological polar surface area (TPSA) is 12.0 Å². The number of fused-ring (bicyclic) bond motifs is 1. The van der Waals surface area contributed by atoms with E-state index >= 15 is 0 Å². The Labute approximate surface area is 115 Å². The number of hydrogen-bond acceptors (Lipinski definition) is 2. The summed E-state index contributed by atoms with van der Waals surface area (Å²) in [7, 11) is 0. The summed E-state index contributed by atoms with van der Waals surface area (Å²) in [6.45, 7) is 1.78. The number of rotatable bonds is 2. The van der Waals surface area contributed by atoms with Crippen molar-refractivity contribution in [3.8, 4) is 0 Å². The standard InChI is InChI=1S/C14H13ClFNS/c1-8-3-2-4-11(14(8)16)17-10-5-6-12-9(10)7-13(15)18-12/h2-4,7,10,17H,5-6H2,1H3. The lowest BCUT2D eigenvalue weighted by atomic mass is 10.1. The molecule has 0 bridgehead atoms. The Morgan fingerprint density at radius 1 is 1.44 bits per heavy atom. The van der Waals surface area contributed by atoms with Gasteiger partial charge in [-0.3, -0.25) is 0 Å². The third-order valence-corrected chi connectivity index (χ3v) is 4.71. The second-order valence-corrected chi connectivity index (χ2v) is 6.37. The van der Waals surface area contributed by atoms with Gasteiger partial charge in [0.1, 0.15) is 5.82 Å². The molecule has 1 aliphatic rings. The minimum atomic E-state index is -0.160. The van der Waals surface area contributed by atoms with Crippen LogP contribution >= 0.6 is 22.9 Å². The average molecular weight is 282 g/mol. The first-order valence-electron chi connectivity index (χ1n) is 5.95. The summed E-state index contributed by atoms with van der Waals surface area (Å²) in [5.74, 6) is -0.160. The highest BCUT2D eigenvalue weighted by atomic mass is 35.5. The Kier molecular flexibility index (Phi) is 3.04. The number of benzene rings is 1. The highest BCUT2D eigenvalue weighted by Gasteiger charge is 2.25. The fourth-order valence-corrected chi connectivity index (χ4v) is 3.78. The first kappa shape index (κ1) is 12.0. The minimum Gasteiger partial charge on any atom is -0.376 e. The Bertz CT molecular complexity index is 593. The summed E-state index contributed by atoms with van der Waals surface area (Å²) in [5, 5.41) is 3.29. The number of thiophene rings is 1. The van der Waals surface area contributed by atoms with Gasteiger partial charge in [-0.15, -0.1) is 11.3 Å². The molecule has 1 heterocycles.